The third kappa shape index (κ3) is 3.48. The molecule has 1 aromatic heterocycles. The van der Waals surface area contributed by atoms with Crippen molar-refractivity contribution < 1.29 is 14.6 Å². The molecule has 20 heavy (non-hydrogen) atoms. The highest BCUT2D eigenvalue weighted by Gasteiger charge is 2.16. The maximum atomic E-state index is 11.9. The van der Waals surface area contributed by atoms with Gasteiger partial charge >= 0.3 is 5.97 Å². The zero-order chi connectivity index (χ0) is 14.5. The van der Waals surface area contributed by atoms with Gasteiger partial charge in [-0.1, -0.05) is 14.4 Å². The highest BCUT2D eigenvalue weighted by atomic mass is 127. The van der Waals surface area contributed by atoms with Crippen LogP contribution >= 0.6 is 30.1 Å². The second kappa shape index (κ2) is 7.03. The number of aromatic amines is 1. The molecular weight excluding hydrogens is 390 g/mol. The highest BCUT2D eigenvalue weighted by molar-refractivity contribution is 14.2. The van der Waals surface area contributed by atoms with E-state index < -0.39 is 5.97 Å². The van der Waals surface area contributed by atoms with Gasteiger partial charge in [-0.3, -0.25) is 0 Å². The summed E-state index contributed by atoms with van der Waals surface area (Å²) < 4.78 is 5.10. The largest absolute Gasteiger partial charge is 0.507 e. The molecular formula is C12H10BIN2O3S. The Hall–Kier alpha value is -1.16. The first-order valence-corrected chi connectivity index (χ1v) is 9.19. The minimum Gasteiger partial charge on any atom is -0.507 e. The molecule has 1 heterocycles. The van der Waals surface area contributed by atoms with Crippen LogP contribution in [0.15, 0.2) is 24.5 Å². The van der Waals surface area contributed by atoms with E-state index in [-0.39, 0.29) is 16.8 Å². The average Bonchev–Trinajstić information content (AvgIpc) is 2.92. The van der Waals surface area contributed by atoms with E-state index in [2.05, 4.69) is 31.2 Å². The number of H-pyrrole nitrogens is 1. The van der Waals surface area contributed by atoms with E-state index in [4.69, 9.17) is 12.6 Å². The van der Waals surface area contributed by atoms with Gasteiger partial charge in [0, 0.05) is 18.1 Å². The lowest BCUT2D eigenvalue weighted by Gasteiger charge is -2.10. The van der Waals surface area contributed by atoms with Crippen molar-refractivity contribution in [3.63, 3.8) is 0 Å². The van der Waals surface area contributed by atoms with E-state index in [1.165, 1.54) is 12.1 Å². The van der Waals surface area contributed by atoms with Crippen molar-refractivity contribution in [3.05, 3.63) is 30.1 Å². The summed E-state index contributed by atoms with van der Waals surface area (Å²) in [6.07, 6.45) is 3.18. The predicted octanol–water partition coefficient (Wildman–Crippen LogP) is 1.82. The van der Waals surface area contributed by atoms with Gasteiger partial charge in [0.2, 0.25) is 0 Å². The van der Waals surface area contributed by atoms with E-state index in [1.807, 2.05) is 0 Å². The zero-order valence-corrected chi connectivity index (χ0v) is 13.3. The molecule has 2 rings (SSSR count). The zero-order valence-electron chi connectivity index (χ0n) is 10.3. The fourth-order valence-corrected chi connectivity index (χ4v) is 2.31. The Kier molecular flexibility index (Phi) is 5.35. The number of esters is 1. The lowest BCUT2D eigenvalue weighted by molar-refractivity contribution is 0.0532. The summed E-state index contributed by atoms with van der Waals surface area (Å²) >= 11 is 2.13. The van der Waals surface area contributed by atoms with Gasteiger partial charge in [-0.15, -0.1) is 0 Å². The molecule has 0 spiro atoms. The lowest BCUT2D eigenvalue weighted by Crippen LogP contribution is -2.19. The molecule has 2 N–H and O–H groups in total. The summed E-state index contributed by atoms with van der Waals surface area (Å²) in [6.45, 7) is 0.308. The van der Waals surface area contributed by atoms with Crippen LogP contribution in [0.25, 0.3) is 11.4 Å². The van der Waals surface area contributed by atoms with E-state index in [1.54, 1.807) is 21.3 Å². The number of halogens is 1. The highest BCUT2D eigenvalue weighted by Crippen LogP contribution is 2.26. The van der Waals surface area contributed by atoms with Crippen LogP contribution in [0.2, 0.25) is 0 Å². The van der Waals surface area contributed by atoms with Crippen LogP contribution in [0, 0.1) is 0 Å². The molecule has 0 saturated carbocycles. The van der Waals surface area contributed by atoms with Crippen LogP contribution < -0.4 is 5.46 Å². The first-order valence-electron chi connectivity index (χ1n) is 5.66. The molecule has 0 aliphatic rings. The minimum atomic E-state index is -0.513. The summed E-state index contributed by atoms with van der Waals surface area (Å²) in [5.41, 5.74) is 0.789. The first-order chi connectivity index (χ1) is 9.63. The van der Waals surface area contributed by atoms with Crippen molar-refractivity contribution in [1.29, 1.82) is 0 Å². The van der Waals surface area contributed by atoms with Gasteiger partial charge in [0.1, 0.15) is 26.0 Å². The topological polar surface area (TPSA) is 75.2 Å². The Morgan fingerprint density at radius 2 is 2.35 bits per heavy atom. The Labute approximate surface area is 133 Å². The third-order valence-electron chi connectivity index (χ3n) is 2.53. The van der Waals surface area contributed by atoms with Crippen LogP contribution in [-0.2, 0) is 4.74 Å². The third-order valence-corrected chi connectivity index (χ3v) is 4.18. The van der Waals surface area contributed by atoms with Crippen molar-refractivity contribution >= 4 is 49.4 Å². The van der Waals surface area contributed by atoms with Crippen LogP contribution in [0.3, 0.4) is 0 Å². The molecule has 0 bridgehead atoms. The molecule has 1 aromatic carbocycles. The second-order valence-corrected chi connectivity index (χ2v) is 6.34. The molecule has 102 valence electrons. The molecule has 0 amide bonds. The monoisotopic (exact) mass is 400 g/mol. The molecule has 2 radical (unpaired) electrons. The van der Waals surface area contributed by atoms with Crippen LogP contribution in [0.5, 0.6) is 5.75 Å². The summed E-state index contributed by atoms with van der Waals surface area (Å²) in [6, 6.07) is 2.80. The number of benzene rings is 1. The fraction of sp³-hybridized carbons (Fsp3) is 0.167. The van der Waals surface area contributed by atoms with Crippen LogP contribution in [0.4, 0.5) is 0 Å². The molecule has 0 atom stereocenters. The number of aromatic hydroxyl groups is 1. The summed E-state index contributed by atoms with van der Waals surface area (Å²) in [5, 5.41) is 9.89. The molecule has 0 aliphatic heterocycles. The van der Waals surface area contributed by atoms with E-state index in [0.717, 1.165) is 0 Å². The van der Waals surface area contributed by atoms with Crippen molar-refractivity contribution in [3.8, 4) is 17.1 Å². The van der Waals surface area contributed by atoms with Crippen molar-refractivity contribution in [2.24, 2.45) is 0 Å². The van der Waals surface area contributed by atoms with Crippen LogP contribution in [0.1, 0.15) is 10.4 Å². The average molecular weight is 400 g/mol. The summed E-state index contributed by atoms with van der Waals surface area (Å²) in [5.74, 6) is 0.604. The van der Waals surface area contributed by atoms with Gasteiger partial charge in [0.05, 0.1) is 11.1 Å². The smallest absolute Gasteiger partial charge is 0.337 e. The van der Waals surface area contributed by atoms with Crippen LogP contribution in [-0.4, -0.2) is 41.2 Å². The normalized spacial score (nSPS) is 10.4. The number of carbonyl (C=O) groups excluding carboxylic acids is 1. The van der Waals surface area contributed by atoms with Gasteiger partial charge in [0.15, 0.2) is 0 Å². The van der Waals surface area contributed by atoms with Gasteiger partial charge in [-0.05, 0) is 33.3 Å². The molecule has 5 nitrogen and oxygen atoms in total. The number of imidazole rings is 1. The molecule has 0 fully saturated rings. The number of phenolic OH excluding ortho intramolecular Hbond substituents is 1. The summed E-state index contributed by atoms with van der Waals surface area (Å²) in [4.78, 5) is 18.9. The molecule has 0 saturated heterocycles. The number of carbonyl (C=O) groups is 1. The Balaban J connectivity index is 2.29. The molecule has 0 unspecified atom stereocenters. The number of rotatable bonds is 5. The number of nitrogens with one attached hydrogen (secondary N) is 1. The molecule has 0 aliphatic carbocycles. The van der Waals surface area contributed by atoms with E-state index >= 15 is 0 Å². The Morgan fingerprint density at radius 1 is 1.55 bits per heavy atom. The second-order valence-electron chi connectivity index (χ2n) is 3.84. The number of ether oxygens (including phenoxy) is 1. The standard InChI is InChI=1S/C12H10BIN2O3S/c13-9-6-10(17)8(11-15-1-2-16-11)5-7(9)12(18)19-3-4-20-14/h1-2,5-6,17H,3-4H2,(H,15,16). The Morgan fingerprint density at radius 3 is 3.00 bits per heavy atom. The predicted molar refractivity (Wildman–Crippen MR) is 87.8 cm³/mol. The first kappa shape index (κ1) is 15.2. The maximum absolute atomic E-state index is 11.9. The summed E-state index contributed by atoms with van der Waals surface area (Å²) in [7, 11) is 7.30. The van der Waals surface area contributed by atoms with Crippen molar-refractivity contribution in [2.45, 2.75) is 0 Å². The van der Waals surface area contributed by atoms with E-state index in [0.29, 0.717) is 23.7 Å². The van der Waals surface area contributed by atoms with E-state index in [9.17, 15) is 9.90 Å². The number of phenols is 1. The maximum Gasteiger partial charge on any atom is 0.337 e. The van der Waals surface area contributed by atoms with Crippen molar-refractivity contribution in [1.82, 2.24) is 9.97 Å². The van der Waals surface area contributed by atoms with Gasteiger partial charge in [-0.2, -0.15) is 0 Å². The van der Waals surface area contributed by atoms with Gasteiger partial charge in [-0.25, -0.2) is 9.78 Å². The fourth-order valence-electron chi connectivity index (χ4n) is 1.63. The Bertz CT molecular complexity index is 607. The molecule has 8 heteroatoms. The number of nitrogens with zero attached hydrogens (tertiary/aromatic N) is 1. The number of hydrogen-bond donors (Lipinski definition) is 2. The lowest BCUT2D eigenvalue weighted by atomic mass is 9.88. The number of hydrogen-bond acceptors (Lipinski definition) is 5. The SMILES string of the molecule is [B]c1cc(O)c(-c2ncc[nH]2)cc1C(=O)OCCSI. The quantitative estimate of drug-likeness (QED) is 0.347. The number of aromatic nitrogens is 2. The van der Waals surface area contributed by atoms with Crippen molar-refractivity contribution in [2.75, 3.05) is 12.4 Å². The molecule has 2 aromatic rings. The van der Waals surface area contributed by atoms with Gasteiger partial charge < -0.3 is 14.8 Å². The van der Waals surface area contributed by atoms with Gasteiger partial charge in [0.25, 0.3) is 0 Å². The minimum absolute atomic E-state index is 0.0446.